The lowest BCUT2D eigenvalue weighted by atomic mass is 10.3. The van der Waals surface area contributed by atoms with E-state index in [2.05, 4.69) is 32.6 Å². The molecule has 23 heavy (non-hydrogen) atoms. The molecule has 0 saturated heterocycles. The molecule has 0 aliphatic heterocycles. The van der Waals surface area contributed by atoms with Crippen molar-refractivity contribution in [3.05, 3.63) is 23.9 Å². The zero-order valence-corrected chi connectivity index (χ0v) is 14.6. The molecule has 130 valence electrons. The second kappa shape index (κ2) is 11.7. The number of hydrogen-bond donors (Lipinski definition) is 2. The Morgan fingerprint density at radius 3 is 2.78 bits per heavy atom. The number of likely N-dealkylation sites (N-methyl/N-ethyl adjacent to an activating group) is 1. The van der Waals surface area contributed by atoms with E-state index in [0.717, 1.165) is 44.3 Å². The number of aromatic nitrogens is 1. The van der Waals surface area contributed by atoms with Crippen LogP contribution in [0.3, 0.4) is 0 Å². The highest BCUT2D eigenvalue weighted by Crippen LogP contribution is 2.05. The molecule has 0 saturated carbocycles. The van der Waals surface area contributed by atoms with E-state index in [-0.39, 0.29) is 0 Å². The van der Waals surface area contributed by atoms with Crippen LogP contribution in [0.15, 0.2) is 23.2 Å². The SMILES string of the molecule is CN=C(NCCN(C)CCCOC)NCc1cccc(OC)n1. The topological polar surface area (TPSA) is 71.0 Å². The fourth-order valence-corrected chi connectivity index (χ4v) is 2.02. The fourth-order valence-electron chi connectivity index (χ4n) is 2.02. The molecule has 1 rings (SSSR count). The zero-order valence-electron chi connectivity index (χ0n) is 14.6. The van der Waals surface area contributed by atoms with Crippen molar-refractivity contribution in [1.82, 2.24) is 20.5 Å². The molecule has 1 aromatic rings. The van der Waals surface area contributed by atoms with Crippen molar-refractivity contribution in [2.45, 2.75) is 13.0 Å². The average Bonchev–Trinajstić information content (AvgIpc) is 2.58. The van der Waals surface area contributed by atoms with E-state index in [1.807, 2.05) is 18.2 Å². The lowest BCUT2D eigenvalue weighted by Gasteiger charge is -2.18. The normalized spacial score (nSPS) is 11.6. The minimum atomic E-state index is 0.598. The van der Waals surface area contributed by atoms with Gasteiger partial charge in [0.15, 0.2) is 5.96 Å². The van der Waals surface area contributed by atoms with Gasteiger partial charge in [0.25, 0.3) is 0 Å². The first-order valence-corrected chi connectivity index (χ1v) is 7.81. The van der Waals surface area contributed by atoms with Crippen molar-refractivity contribution >= 4 is 5.96 Å². The summed E-state index contributed by atoms with van der Waals surface area (Å²) < 4.78 is 10.2. The maximum atomic E-state index is 5.12. The average molecular weight is 323 g/mol. The number of methoxy groups -OCH3 is 2. The molecule has 1 heterocycles. The van der Waals surface area contributed by atoms with E-state index in [1.54, 1.807) is 21.3 Å². The van der Waals surface area contributed by atoms with Crippen LogP contribution in [0, 0.1) is 0 Å². The molecule has 0 spiro atoms. The third-order valence-electron chi connectivity index (χ3n) is 3.33. The molecule has 7 heteroatoms. The van der Waals surface area contributed by atoms with Gasteiger partial charge in [0.1, 0.15) is 0 Å². The second-order valence-corrected chi connectivity index (χ2v) is 5.17. The first-order chi connectivity index (χ1) is 11.2. The second-order valence-electron chi connectivity index (χ2n) is 5.17. The van der Waals surface area contributed by atoms with Crippen LogP contribution < -0.4 is 15.4 Å². The van der Waals surface area contributed by atoms with Crippen LogP contribution in [0.2, 0.25) is 0 Å². The van der Waals surface area contributed by atoms with Crippen molar-refractivity contribution in [3.8, 4) is 5.88 Å². The number of hydrogen-bond acceptors (Lipinski definition) is 5. The Balaban J connectivity index is 2.26. The Morgan fingerprint density at radius 1 is 1.26 bits per heavy atom. The van der Waals surface area contributed by atoms with Crippen LogP contribution >= 0.6 is 0 Å². The van der Waals surface area contributed by atoms with E-state index in [9.17, 15) is 0 Å². The summed E-state index contributed by atoms with van der Waals surface area (Å²) in [7, 11) is 7.21. The van der Waals surface area contributed by atoms with Crippen LogP contribution in [-0.2, 0) is 11.3 Å². The summed E-state index contributed by atoms with van der Waals surface area (Å²) in [4.78, 5) is 10.8. The van der Waals surface area contributed by atoms with E-state index in [1.165, 1.54) is 0 Å². The van der Waals surface area contributed by atoms with Gasteiger partial charge in [-0.15, -0.1) is 0 Å². The van der Waals surface area contributed by atoms with Crippen molar-refractivity contribution in [3.63, 3.8) is 0 Å². The predicted molar refractivity (Wildman–Crippen MR) is 93.0 cm³/mol. The highest BCUT2D eigenvalue weighted by molar-refractivity contribution is 5.79. The van der Waals surface area contributed by atoms with Crippen molar-refractivity contribution < 1.29 is 9.47 Å². The first-order valence-electron chi connectivity index (χ1n) is 7.81. The third-order valence-corrected chi connectivity index (χ3v) is 3.33. The van der Waals surface area contributed by atoms with Gasteiger partial charge in [-0.2, -0.15) is 0 Å². The Hall–Kier alpha value is -1.86. The number of aliphatic imine (C=N–C) groups is 1. The maximum Gasteiger partial charge on any atom is 0.213 e. The lowest BCUT2D eigenvalue weighted by Crippen LogP contribution is -2.40. The summed E-state index contributed by atoms with van der Waals surface area (Å²) in [5.74, 6) is 1.38. The number of ether oxygens (including phenoxy) is 2. The van der Waals surface area contributed by atoms with Gasteiger partial charge in [0.05, 0.1) is 19.3 Å². The minimum Gasteiger partial charge on any atom is -0.481 e. The molecular weight excluding hydrogens is 294 g/mol. The molecule has 0 radical (unpaired) electrons. The van der Waals surface area contributed by atoms with Gasteiger partial charge in [0, 0.05) is 46.5 Å². The Morgan fingerprint density at radius 2 is 2.09 bits per heavy atom. The third kappa shape index (κ3) is 8.37. The molecular formula is C16H29N5O2. The van der Waals surface area contributed by atoms with Gasteiger partial charge < -0.3 is 25.0 Å². The molecule has 7 nitrogen and oxygen atoms in total. The van der Waals surface area contributed by atoms with E-state index in [4.69, 9.17) is 9.47 Å². The largest absolute Gasteiger partial charge is 0.481 e. The quantitative estimate of drug-likeness (QED) is 0.376. The highest BCUT2D eigenvalue weighted by atomic mass is 16.5. The van der Waals surface area contributed by atoms with Crippen molar-refractivity contribution in [2.75, 3.05) is 54.6 Å². The standard InChI is InChI=1S/C16H29N5O2/c1-17-16(18-9-11-21(2)10-6-12-22-3)19-13-14-7-5-8-15(20-14)23-4/h5,7-8H,6,9-13H2,1-4H3,(H2,17,18,19). The zero-order chi connectivity index (χ0) is 16.9. The molecule has 1 aromatic heterocycles. The van der Waals surface area contributed by atoms with Crippen molar-refractivity contribution in [2.24, 2.45) is 4.99 Å². The van der Waals surface area contributed by atoms with Crippen LogP contribution in [0.5, 0.6) is 5.88 Å². The summed E-state index contributed by atoms with van der Waals surface area (Å²) in [5, 5.41) is 6.54. The summed E-state index contributed by atoms with van der Waals surface area (Å²) in [6.45, 7) is 4.20. The molecule has 0 fully saturated rings. The number of pyridine rings is 1. The Labute approximate surface area is 139 Å². The number of guanidine groups is 1. The highest BCUT2D eigenvalue weighted by Gasteiger charge is 2.02. The summed E-state index contributed by atoms with van der Waals surface area (Å²) >= 11 is 0. The molecule has 0 aliphatic carbocycles. The van der Waals surface area contributed by atoms with E-state index < -0.39 is 0 Å². The fraction of sp³-hybridized carbons (Fsp3) is 0.625. The van der Waals surface area contributed by atoms with E-state index >= 15 is 0 Å². The molecule has 0 aromatic carbocycles. The molecule has 0 amide bonds. The molecule has 2 N–H and O–H groups in total. The van der Waals surface area contributed by atoms with Gasteiger partial charge in [0.2, 0.25) is 5.88 Å². The maximum absolute atomic E-state index is 5.12. The number of rotatable bonds is 10. The van der Waals surface area contributed by atoms with Crippen LogP contribution in [0.25, 0.3) is 0 Å². The smallest absolute Gasteiger partial charge is 0.213 e. The van der Waals surface area contributed by atoms with Gasteiger partial charge in [-0.3, -0.25) is 4.99 Å². The van der Waals surface area contributed by atoms with Crippen LogP contribution in [0.4, 0.5) is 0 Å². The Bertz CT molecular complexity index is 468. The first kappa shape index (κ1) is 19.2. The summed E-state index contributed by atoms with van der Waals surface area (Å²) in [6, 6.07) is 5.70. The molecule has 0 atom stereocenters. The van der Waals surface area contributed by atoms with Gasteiger partial charge in [-0.05, 0) is 19.5 Å². The van der Waals surface area contributed by atoms with Crippen molar-refractivity contribution in [1.29, 1.82) is 0 Å². The van der Waals surface area contributed by atoms with Crippen LogP contribution in [0.1, 0.15) is 12.1 Å². The molecule has 0 bridgehead atoms. The number of nitrogens with zero attached hydrogens (tertiary/aromatic N) is 3. The summed E-state index contributed by atoms with van der Waals surface area (Å²) in [5.41, 5.74) is 0.906. The lowest BCUT2D eigenvalue weighted by molar-refractivity contribution is 0.180. The summed E-state index contributed by atoms with van der Waals surface area (Å²) in [6.07, 6.45) is 1.04. The number of nitrogens with one attached hydrogen (secondary N) is 2. The monoisotopic (exact) mass is 323 g/mol. The minimum absolute atomic E-state index is 0.598. The molecule has 0 unspecified atom stereocenters. The van der Waals surface area contributed by atoms with Crippen LogP contribution in [-0.4, -0.2) is 70.4 Å². The van der Waals surface area contributed by atoms with Gasteiger partial charge in [-0.25, -0.2) is 4.98 Å². The van der Waals surface area contributed by atoms with Gasteiger partial charge >= 0.3 is 0 Å². The van der Waals surface area contributed by atoms with E-state index in [0.29, 0.717) is 12.4 Å². The predicted octanol–water partition coefficient (Wildman–Crippen LogP) is 0.724. The Kier molecular flexibility index (Phi) is 9.74. The van der Waals surface area contributed by atoms with Gasteiger partial charge in [-0.1, -0.05) is 6.07 Å². The molecule has 0 aliphatic rings.